The first-order chi connectivity index (χ1) is 8.65. The molecular formula is C13H13N3O2. The van der Waals surface area contributed by atoms with Crippen LogP contribution in [0, 0.1) is 11.3 Å². The van der Waals surface area contributed by atoms with Crippen molar-refractivity contribution in [3.8, 4) is 6.07 Å². The molecule has 0 bridgehead atoms. The number of rotatable bonds is 2. The molecule has 0 aromatic heterocycles. The van der Waals surface area contributed by atoms with Gasteiger partial charge >= 0.3 is 6.03 Å². The van der Waals surface area contributed by atoms with Crippen LogP contribution in [0.4, 0.5) is 10.5 Å². The van der Waals surface area contributed by atoms with Crippen LogP contribution in [-0.4, -0.2) is 18.0 Å². The molecule has 1 fully saturated rings. The summed E-state index contributed by atoms with van der Waals surface area (Å²) in [4.78, 5) is 24.9. The smallest absolute Gasteiger partial charge is 0.328 e. The molecule has 0 saturated carbocycles. The molecule has 1 aromatic rings. The van der Waals surface area contributed by atoms with Crippen molar-refractivity contribution in [3.05, 3.63) is 29.8 Å². The second-order valence-corrected chi connectivity index (χ2v) is 4.15. The quantitative estimate of drug-likeness (QED) is 0.860. The van der Waals surface area contributed by atoms with Crippen LogP contribution < -0.4 is 10.2 Å². The molecular weight excluding hydrogens is 230 g/mol. The van der Waals surface area contributed by atoms with E-state index in [-0.39, 0.29) is 11.9 Å². The first kappa shape index (κ1) is 12.1. The number of hydrogen-bond acceptors (Lipinski definition) is 3. The standard InChI is InChI=1S/C13H13N3O2/c1-2-10-7-12(17)16(13(18)15-10)11-5-3-9(8-14)4-6-11/h3-6,10H,2,7H2,1H3,(H,15,18). The minimum atomic E-state index is -0.400. The number of amides is 3. The number of hydrogen-bond donors (Lipinski definition) is 1. The average molecular weight is 243 g/mol. The topological polar surface area (TPSA) is 73.2 Å². The van der Waals surface area contributed by atoms with E-state index in [1.807, 2.05) is 13.0 Å². The zero-order valence-electron chi connectivity index (χ0n) is 10.0. The molecule has 18 heavy (non-hydrogen) atoms. The molecule has 1 aliphatic rings. The van der Waals surface area contributed by atoms with E-state index in [1.165, 1.54) is 0 Å². The van der Waals surface area contributed by atoms with Gasteiger partial charge in [0.05, 0.1) is 17.3 Å². The molecule has 0 aliphatic carbocycles. The Balaban J connectivity index is 2.24. The van der Waals surface area contributed by atoms with Gasteiger partial charge in [-0.15, -0.1) is 0 Å². The Hall–Kier alpha value is -2.35. The summed E-state index contributed by atoms with van der Waals surface area (Å²) in [5.41, 5.74) is 0.987. The molecule has 1 saturated heterocycles. The number of nitrogens with zero attached hydrogens (tertiary/aromatic N) is 2. The van der Waals surface area contributed by atoms with E-state index in [4.69, 9.17) is 5.26 Å². The highest BCUT2D eigenvalue weighted by molar-refractivity contribution is 6.16. The maximum atomic E-state index is 11.9. The normalized spacial score (nSPS) is 19.3. The highest BCUT2D eigenvalue weighted by Gasteiger charge is 2.31. The van der Waals surface area contributed by atoms with Gasteiger partial charge in [-0.3, -0.25) is 4.79 Å². The van der Waals surface area contributed by atoms with Gasteiger partial charge in [-0.2, -0.15) is 5.26 Å². The van der Waals surface area contributed by atoms with E-state index >= 15 is 0 Å². The van der Waals surface area contributed by atoms with Crippen LogP contribution >= 0.6 is 0 Å². The molecule has 1 heterocycles. The van der Waals surface area contributed by atoms with Gasteiger partial charge < -0.3 is 5.32 Å². The summed E-state index contributed by atoms with van der Waals surface area (Å²) < 4.78 is 0. The zero-order chi connectivity index (χ0) is 13.1. The lowest BCUT2D eigenvalue weighted by molar-refractivity contribution is -0.119. The fraction of sp³-hybridized carbons (Fsp3) is 0.308. The van der Waals surface area contributed by atoms with Gasteiger partial charge in [-0.05, 0) is 30.7 Å². The van der Waals surface area contributed by atoms with Crippen LogP contribution in [-0.2, 0) is 4.79 Å². The molecule has 92 valence electrons. The molecule has 2 rings (SSSR count). The summed E-state index contributed by atoms with van der Waals surface area (Å²) in [5, 5.41) is 11.5. The van der Waals surface area contributed by atoms with Crippen molar-refractivity contribution in [2.45, 2.75) is 25.8 Å². The minimum Gasteiger partial charge on any atom is -0.334 e. The number of carbonyl (C=O) groups excluding carboxylic acids is 2. The summed E-state index contributed by atoms with van der Waals surface area (Å²) in [6, 6.07) is 7.88. The largest absolute Gasteiger partial charge is 0.334 e. The number of nitriles is 1. The Morgan fingerprint density at radius 1 is 1.39 bits per heavy atom. The van der Waals surface area contributed by atoms with Crippen LogP contribution in [0.1, 0.15) is 25.3 Å². The number of nitrogens with one attached hydrogen (secondary N) is 1. The minimum absolute atomic E-state index is 0.0837. The van der Waals surface area contributed by atoms with Crippen molar-refractivity contribution < 1.29 is 9.59 Å². The van der Waals surface area contributed by atoms with Gasteiger partial charge in [-0.1, -0.05) is 6.92 Å². The number of anilines is 1. The van der Waals surface area contributed by atoms with E-state index in [0.29, 0.717) is 17.7 Å². The molecule has 1 aromatic carbocycles. The molecule has 0 radical (unpaired) electrons. The van der Waals surface area contributed by atoms with Crippen LogP contribution in [0.3, 0.4) is 0 Å². The van der Waals surface area contributed by atoms with Crippen molar-refractivity contribution in [3.63, 3.8) is 0 Å². The summed E-state index contributed by atoms with van der Waals surface area (Å²) in [7, 11) is 0. The Morgan fingerprint density at radius 3 is 2.56 bits per heavy atom. The SMILES string of the molecule is CCC1CC(=O)N(c2ccc(C#N)cc2)C(=O)N1. The number of urea groups is 1. The lowest BCUT2D eigenvalue weighted by Gasteiger charge is -2.30. The maximum absolute atomic E-state index is 11.9. The molecule has 1 unspecified atom stereocenters. The lowest BCUT2D eigenvalue weighted by Crippen LogP contribution is -2.54. The van der Waals surface area contributed by atoms with Crippen LogP contribution in [0.2, 0.25) is 0 Å². The zero-order valence-corrected chi connectivity index (χ0v) is 10.0. The molecule has 1 N–H and O–H groups in total. The Morgan fingerprint density at radius 2 is 2.06 bits per heavy atom. The molecule has 5 nitrogen and oxygen atoms in total. The first-order valence-electron chi connectivity index (χ1n) is 5.79. The summed E-state index contributed by atoms with van der Waals surface area (Å²) >= 11 is 0. The summed E-state index contributed by atoms with van der Waals surface area (Å²) in [5.74, 6) is -0.213. The monoisotopic (exact) mass is 243 g/mol. The van der Waals surface area contributed by atoms with Gasteiger partial charge in [0.15, 0.2) is 0 Å². The molecule has 5 heteroatoms. The third-order valence-corrected chi connectivity index (χ3v) is 2.95. The number of imide groups is 1. The molecule has 1 atom stereocenters. The maximum Gasteiger partial charge on any atom is 0.328 e. The second kappa shape index (κ2) is 4.88. The molecule has 0 spiro atoms. The van der Waals surface area contributed by atoms with Gasteiger partial charge in [0.1, 0.15) is 0 Å². The summed E-state index contributed by atoms with van der Waals surface area (Å²) in [6.07, 6.45) is 1.04. The van der Waals surface area contributed by atoms with E-state index in [1.54, 1.807) is 24.3 Å². The molecule has 3 amide bonds. The highest BCUT2D eigenvalue weighted by Crippen LogP contribution is 2.20. The fourth-order valence-electron chi connectivity index (χ4n) is 1.90. The van der Waals surface area contributed by atoms with Crippen LogP contribution in [0.5, 0.6) is 0 Å². The predicted octanol–water partition coefficient (Wildman–Crippen LogP) is 1.78. The van der Waals surface area contributed by atoms with E-state index in [9.17, 15) is 9.59 Å². The Labute approximate surface area is 105 Å². The Bertz CT molecular complexity index is 498. The van der Waals surface area contributed by atoms with Crippen molar-refractivity contribution in [1.29, 1.82) is 5.26 Å². The van der Waals surface area contributed by atoms with Crippen molar-refractivity contribution >= 4 is 17.6 Å². The average Bonchev–Trinajstić information content (AvgIpc) is 2.38. The van der Waals surface area contributed by atoms with E-state index < -0.39 is 6.03 Å². The van der Waals surface area contributed by atoms with Crippen LogP contribution in [0.25, 0.3) is 0 Å². The highest BCUT2D eigenvalue weighted by atomic mass is 16.2. The number of benzene rings is 1. The predicted molar refractivity (Wildman–Crippen MR) is 65.9 cm³/mol. The van der Waals surface area contributed by atoms with Gasteiger partial charge in [0, 0.05) is 12.5 Å². The second-order valence-electron chi connectivity index (χ2n) is 4.15. The fourth-order valence-corrected chi connectivity index (χ4v) is 1.90. The van der Waals surface area contributed by atoms with Gasteiger partial charge in [0.25, 0.3) is 0 Å². The van der Waals surface area contributed by atoms with Crippen molar-refractivity contribution in [1.82, 2.24) is 5.32 Å². The van der Waals surface area contributed by atoms with Gasteiger partial charge in [-0.25, -0.2) is 9.69 Å². The first-order valence-corrected chi connectivity index (χ1v) is 5.79. The van der Waals surface area contributed by atoms with Crippen LogP contribution in [0.15, 0.2) is 24.3 Å². The molecule has 1 aliphatic heterocycles. The number of carbonyl (C=O) groups is 2. The van der Waals surface area contributed by atoms with Gasteiger partial charge in [0.2, 0.25) is 5.91 Å². The van der Waals surface area contributed by atoms with Crippen molar-refractivity contribution in [2.75, 3.05) is 4.90 Å². The van der Waals surface area contributed by atoms with E-state index in [2.05, 4.69) is 5.32 Å². The van der Waals surface area contributed by atoms with E-state index in [0.717, 1.165) is 11.3 Å². The van der Waals surface area contributed by atoms with Crippen molar-refractivity contribution in [2.24, 2.45) is 0 Å². The third kappa shape index (κ3) is 2.18. The Kier molecular flexibility index (Phi) is 3.28. The third-order valence-electron chi connectivity index (χ3n) is 2.95. The summed E-state index contributed by atoms with van der Waals surface area (Å²) in [6.45, 7) is 1.93. The lowest BCUT2D eigenvalue weighted by atomic mass is 10.1.